The van der Waals surface area contributed by atoms with Gasteiger partial charge in [-0.2, -0.15) is 4.31 Å². The lowest BCUT2D eigenvalue weighted by Gasteiger charge is -2.16. The highest BCUT2D eigenvalue weighted by molar-refractivity contribution is 7.89. The molecule has 0 aliphatic carbocycles. The maximum atomic E-state index is 12.5. The number of methoxy groups -OCH3 is 1. The maximum absolute atomic E-state index is 12.5. The highest BCUT2D eigenvalue weighted by Crippen LogP contribution is 2.22. The number of benzene rings is 2. The van der Waals surface area contributed by atoms with E-state index in [1.165, 1.54) is 47.8 Å². The fourth-order valence-electron chi connectivity index (χ4n) is 3.00. The summed E-state index contributed by atoms with van der Waals surface area (Å²) in [6.07, 6.45) is 1.75. The van der Waals surface area contributed by atoms with Gasteiger partial charge in [0, 0.05) is 24.3 Å². The van der Waals surface area contributed by atoms with Crippen molar-refractivity contribution in [2.75, 3.05) is 25.5 Å². The second-order valence-electron chi connectivity index (χ2n) is 6.61. The van der Waals surface area contributed by atoms with Gasteiger partial charge < -0.3 is 10.1 Å². The Labute approximate surface area is 180 Å². The molecule has 1 amide bonds. The van der Waals surface area contributed by atoms with Gasteiger partial charge in [0.05, 0.1) is 17.6 Å². The molecule has 1 aliphatic rings. The highest BCUT2D eigenvalue weighted by Gasteiger charge is 2.26. The summed E-state index contributed by atoms with van der Waals surface area (Å²) >= 11 is 5.15. The monoisotopic (exact) mass is 447 g/mol. The van der Waals surface area contributed by atoms with Gasteiger partial charge in [-0.3, -0.25) is 10.1 Å². The van der Waals surface area contributed by atoms with Gasteiger partial charge in [-0.1, -0.05) is 0 Å². The van der Waals surface area contributed by atoms with Gasteiger partial charge >= 0.3 is 5.97 Å². The number of carbonyl (C=O) groups is 2. The Balaban J connectivity index is 1.59. The predicted molar refractivity (Wildman–Crippen MR) is 116 cm³/mol. The zero-order chi connectivity index (χ0) is 21.7. The van der Waals surface area contributed by atoms with E-state index < -0.39 is 21.9 Å². The predicted octanol–water partition coefficient (Wildman–Crippen LogP) is 2.38. The van der Waals surface area contributed by atoms with Gasteiger partial charge in [0.15, 0.2) is 5.11 Å². The van der Waals surface area contributed by atoms with Crippen molar-refractivity contribution in [3.8, 4) is 0 Å². The molecule has 0 spiro atoms. The molecule has 0 aromatic heterocycles. The molecule has 1 aliphatic heterocycles. The lowest BCUT2D eigenvalue weighted by Crippen LogP contribution is -2.34. The first-order chi connectivity index (χ1) is 14.3. The van der Waals surface area contributed by atoms with Crippen molar-refractivity contribution in [1.29, 1.82) is 0 Å². The Bertz CT molecular complexity index is 1040. The number of nitrogens with one attached hydrogen (secondary N) is 2. The number of hydrogen-bond acceptors (Lipinski definition) is 6. The van der Waals surface area contributed by atoms with Gasteiger partial charge in [0.25, 0.3) is 5.91 Å². The van der Waals surface area contributed by atoms with E-state index in [4.69, 9.17) is 12.2 Å². The van der Waals surface area contributed by atoms with Crippen molar-refractivity contribution in [1.82, 2.24) is 9.62 Å². The minimum absolute atomic E-state index is 0.0622. The van der Waals surface area contributed by atoms with Crippen LogP contribution in [0.3, 0.4) is 0 Å². The topological polar surface area (TPSA) is 105 Å². The number of ether oxygens (including phenoxy) is 1. The summed E-state index contributed by atoms with van der Waals surface area (Å²) in [6, 6.07) is 12.1. The minimum Gasteiger partial charge on any atom is -0.465 e. The van der Waals surface area contributed by atoms with Crippen LogP contribution in [0.15, 0.2) is 53.4 Å². The van der Waals surface area contributed by atoms with Crippen LogP contribution in [0.25, 0.3) is 0 Å². The van der Waals surface area contributed by atoms with E-state index in [0.29, 0.717) is 29.9 Å². The third-order valence-electron chi connectivity index (χ3n) is 4.61. The summed E-state index contributed by atoms with van der Waals surface area (Å²) in [5, 5.41) is 5.44. The number of esters is 1. The lowest BCUT2D eigenvalue weighted by molar-refractivity contribution is 0.0600. The summed E-state index contributed by atoms with van der Waals surface area (Å²) in [7, 11) is -2.20. The molecule has 1 heterocycles. The Morgan fingerprint density at radius 2 is 1.53 bits per heavy atom. The molecule has 0 atom stereocenters. The smallest absolute Gasteiger partial charge is 0.337 e. The molecular formula is C20H21N3O5S2. The summed E-state index contributed by atoms with van der Waals surface area (Å²) in [5.74, 6) is -0.938. The molecule has 2 N–H and O–H groups in total. The second-order valence-corrected chi connectivity index (χ2v) is 8.96. The number of sulfonamides is 1. The molecule has 8 nitrogen and oxygen atoms in total. The summed E-state index contributed by atoms with van der Waals surface area (Å²) < 4.78 is 31.2. The third-order valence-corrected chi connectivity index (χ3v) is 6.73. The molecule has 0 bridgehead atoms. The molecule has 0 saturated carbocycles. The van der Waals surface area contributed by atoms with Crippen molar-refractivity contribution < 1.29 is 22.7 Å². The van der Waals surface area contributed by atoms with Crippen LogP contribution in [-0.2, 0) is 14.8 Å². The van der Waals surface area contributed by atoms with E-state index in [0.717, 1.165) is 12.8 Å². The molecule has 2 aromatic rings. The van der Waals surface area contributed by atoms with E-state index in [1.807, 2.05) is 0 Å². The fourth-order valence-corrected chi connectivity index (χ4v) is 4.73. The molecule has 0 radical (unpaired) electrons. The normalized spacial score (nSPS) is 14.2. The van der Waals surface area contributed by atoms with Gasteiger partial charge in [-0.05, 0) is 73.6 Å². The van der Waals surface area contributed by atoms with Gasteiger partial charge in [-0.15, -0.1) is 0 Å². The molecule has 1 saturated heterocycles. The molecule has 0 unspecified atom stereocenters. The van der Waals surface area contributed by atoms with E-state index in [2.05, 4.69) is 15.4 Å². The number of rotatable bonds is 5. The third kappa shape index (κ3) is 5.02. The number of anilines is 1. The highest BCUT2D eigenvalue weighted by atomic mass is 32.2. The Morgan fingerprint density at radius 1 is 0.967 bits per heavy atom. The van der Waals surface area contributed by atoms with Crippen molar-refractivity contribution in [3.63, 3.8) is 0 Å². The first-order valence-corrected chi connectivity index (χ1v) is 11.1. The second kappa shape index (κ2) is 9.33. The molecular weight excluding hydrogens is 426 g/mol. The van der Waals surface area contributed by atoms with E-state index in [1.54, 1.807) is 12.1 Å². The van der Waals surface area contributed by atoms with E-state index >= 15 is 0 Å². The van der Waals surface area contributed by atoms with Crippen molar-refractivity contribution in [3.05, 3.63) is 59.7 Å². The number of nitrogens with zero attached hydrogens (tertiary/aromatic N) is 1. The minimum atomic E-state index is -3.48. The largest absolute Gasteiger partial charge is 0.465 e. The Kier molecular flexibility index (Phi) is 6.80. The Hall–Kier alpha value is -2.82. The van der Waals surface area contributed by atoms with Crippen molar-refractivity contribution >= 4 is 44.9 Å². The maximum Gasteiger partial charge on any atom is 0.337 e. The van der Waals surface area contributed by atoms with Crippen molar-refractivity contribution in [2.45, 2.75) is 17.7 Å². The van der Waals surface area contributed by atoms with E-state index in [-0.39, 0.29) is 10.0 Å². The molecule has 158 valence electrons. The SMILES string of the molecule is COC(=O)c1ccc(C(=O)NC(=S)Nc2ccc(S(=O)(=O)N3CCCC3)cc2)cc1. The quantitative estimate of drug-likeness (QED) is 0.536. The standard InChI is InChI=1S/C20H21N3O5S2/c1-28-19(25)15-6-4-14(5-7-15)18(24)22-20(29)21-16-8-10-17(11-9-16)30(26,27)23-12-2-3-13-23/h4-11H,2-3,12-13H2,1H3,(H2,21,22,24,29). The first kappa shape index (κ1) is 21.9. The van der Waals surface area contributed by atoms with Crippen LogP contribution in [0.2, 0.25) is 0 Å². The number of thiocarbonyl (C=S) groups is 1. The van der Waals surface area contributed by atoms with Crippen LogP contribution < -0.4 is 10.6 Å². The van der Waals surface area contributed by atoms with Crippen LogP contribution >= 0.6 is 12.2 Å². The molecule has 30 heavy (non-hydrogen) atoms. The zero-order valence-electron chi connectivity index (χ0n) is 16.3. The Morgan fingerprint density at radius 3 is 2.10 bits per heavy atom. The zero-order valence-corrected chi connectivity index (χ0v) is 17.9. The van der Waals surface area contributed by atoms with Gasteiger partial charge in [0.2, 0.25) is 10.0 Å². The summed E-state index contributed by atoms with van der Waals surface area (Å²) in [5.41, 5.74) is 1.19. The van der Waals surface area contributed by atoms with Gasteiger partial charge in [0.1, 0.15) is 0 Å². The summed E-state index contributed by atoms with van der Waals surface area (Å²) in [4.78, 5) is 23.9. The van der Waals surface area contributed by atoms with Gasteiger partial charge in [-0.25, -0.2) is 13.2 Å². The molecule has 1 fully saturated rings. The molecule has 10 heteroatoms. The van der Waals surface area contributed by atoms with Crippen LogP contribution in [0.4, 0.5) is 5.69 Å². The number of amides is 1. The van der Waals surface area contributed by atoms with Crippen LogP contribution in [0.5, 0.6) is 0 Å². The number of carbonyl (C=O) groups excluding carboxylic acids is 2. The van der Waals surface area contributed by atoms with Crippen molar-refractivity contribution in [2.24, 2.45) is 0 Å². The van der Waals surface area contributed by atoms with Crippen LogP contribution in [-0.4, -0.2) is 49.9 Å². The number of hydrogen-bond donors (Lipinski definition) is 2. The first-order valence-electron chi connectivity index (χ1n) is 9.22. The van der Waals surface area contributed by atoms with E-state index in [9.17, 15) is 18.0 Å². The average molecular weight is 448 g/mol. The molecule has 3 rings (SSSR count). The van der Waals surface area contributed by atoms with Crippen LogP contribution in [0, 0.1) is 0 Å². The fraction of sp³-hybridized carbons (Fsp3) is 0.250. The molecule has 2 aromatic carbocycles. The van der Waals surface area contributed by atoms with Crippen LogP contribution in [0.1, 0.15) is 33.6 Å². The lowest BCUT2D eigenvalue weighted by atomic mass is 10.1. The summed E-state index contributed by atoms with van der Waals surface area (Å²) in [6.45, 7) is 1.08. The average Bonchev–Trinajstić information content (AvgIpc) is 3.29.